The topological polar surface area (TPSA) is 77.1 Å². The molecule has 3 aromatic rings. The van der Waals surface area contributed by atoms with Crippen LogP contribution in [0.2, 0.25) is 0 Å². The molecule has 1 aromatic heterocycles. The van der Waals surface area contributed by atoms with Crippen LogP contribution in [0.4, 0.5) is 0 Å². The van der Waals surface area contributed by atoms with Gasteiger partial charge in [-0.25, -0.2) is 4.98 Å². The molecule has 0 saturated carbocycles. The standard InChI is InChI=1S/C19H17N3O3/c1-22-16-7-5-4-6-15(16)21-19(22)14(11-20)18(23)13-10-12(24-2)8-9-17(13)25-3/h4-10,14H,1-3H3. The van der Waals surface area contributed by atoms with Crippen LogP contribution in [0.25, 0.3) is 11.0 Å². The molecular weight excluding hydrogens is 318 g/mol. The Bertz CT molecular complexity index is 985. The maximum atomic E-state index is 13.0. The van der Waals surface area contributed by atoms with Gasteiger partial charge >= 0.3 is 0 Å². The maximum absolute atomic E-state index is 13.0. The normalized spacial score (nSPS) is 11.8. The molecule has 0 spiro atoms. The Balaban J connectivity index is 2.11. The number of carbonyl (C=O) groups excluding carboxylic acids is 1. The summed E-state index contributed by atoms with van der Waals surface area (Å²) in [6.45, 7) is 0. The quantitative estimate of drug-likeness (QED) is 0.670. The third-order valence-electron chi connectivity index (χ3n) is 4.14. The Labute approximate surface area is 145 Å². The zero-order chi connectivity index (χ0) is 18.0. The van der Waals surface area contributed by atoms with Crippen molar-refractivity contribution in [2.75, 3.05) is 14.2 Å². The maximum Gasteiger partial charge on any atom is 0.191 e. The highest BCUT2D eigenvalue weighted by atomic mass is 16.5. The zero-order valence-electron chi connectivity index (χ0n) is 14.2. The van der Waals surface area contributed by atoms with E-state index in [4.69, 9.17) is 9.47 Å². The first-order valence-electron chi connectivity index (χ1n) is 7.68. The van der Waals surface area contributed by atoms with Crippen LogP contribution in [-0.2, 0) is 7.05 Å². The number of fused-ring (bicyclic) bond motifs is 1. The molecule has 2 aromatic carbocycles. The highest BCUT2D eigenvalue weighted by Crippen LogP contribution is 2.30. The molecule has 0 saturated heterocycles. The van der Waals surface area contributed by atoms with Crippen molar-refractivity contribution in [3.8, 4) is 17.6 Å². The van der Waals surface area contributed by atoms with E-state index in [-0.39, 0.29) is 5.78 Å². The van der Waals surface area contributed by atoms with Crippen molar-refractivity contribution < 1.29 is 14.3 Å². The molecule has 1 heterocycles. The van der Waals surface area contributed by atoms with Gasteiger partial charge < -0.3 is 14.0 Å². The molecule has 6 heteroatoms. The SMILES string of the molecule is COc1ccc(OC)c(C(=O)C(C#N)c2nc3ccccc3n2C)c1. The second kappa shape index (κ2) is 6.65. The van der Waals surface area contributed by atoms with Crippen LogP contribution in [0.15, 0.2) is 42.5 Å². The fraction of sp³-hybridized carbons (Fsp3) is 0.211. The Kier molecular flexibility index (Phi) is 4.40. The summed E-state index contributed by atoms with van der Waals surface area (Å²) in [6, 6.07) is 14.5. The molecule has 0 aliphatic rings. The van der Waals surface area contributed by atoms with Gasteiger partial charge in [-0.1, -0.05) is 12.1 Å². The first-order valence-corrected chi connectivity index (χ1v) is 7.68. The average molecular weight is 335 g/mol. The number of ketones is 1. The van der Waals surface area contributed by atoms with Crippen LogP contribution in [0.5, 0.6) is 11.5 Å². The van der Waals surface area contributed by atoms with Crippen molar-refractivity contribution >= 4 is 16.8 Å². The van der Waals surface area contributed by atoms with Gasteiger partial charge in [-0.05, 0) is 30.3 Å². The number of nitriles is 1. The summed E-state index contributed by atoms with van der Waals surface area (Å²) < 4.78 is 12.2. The number of aryl methyl sites for hydroxylation is 1. The number of nitrogens with zero attached hydrogens (tertiary/aromatic N) is 3. The minimum Gasteiger partial charge on any atom is -0.497 e. The van der Waals surface area contributed by atoms with Gasteiger partial charge in [0.15, 0.2) is 11.7 Å². The lowest BCUT2D eigenvalue weighted by molar-refractivity contribution is 0.0972. The Morgan fingerprint density at radius 3 is 2.60 bits per heavy atom. The summed E-state index contributed by atoms with van der Waals surface area (Å²) in [5.41, 5.74) is 1.90. The van der Waals surface area contributed by atoms with Crippen LogP contribution in [0.3, 0.4) is 0 Å². The smallest absolute Gasteiger partial charge is 0.191 e. The number of imidazole rings is 1. The predicted molar refractivity (Wildman–Crippen MR) is 92.9 cm³/mol. The van der Waals surface area contributed by atoms with Gasteiger partial charge in [-0.3, -0.25) is 4.79 Å². The van der Waals surface area contributed by atoms with Crippen LogP contribution in [-0.4, -0.2) is 29.6 Å². The van der Waals surface area contributed by atoms with Gasteiger partial charge in [-0.2, -0.15) is 5.26 Å². The molecule has 0 aliphatic carbocycles. The van der Waals surface area contributed by atoms with Crippen molar-refractivity contribution in [3.05, 3.63) is 53.9 Å². The molecule has 1 atom stereocenters. The van der Waals surface area contributed by atoms with Gasteiger partial charge in [0.1, 0.15) is 17.3 Å². The molecule has 0 radical (unpaired) electrons. The van der Waals surface area contributed by atoms with Crippen molar-refractivity contribution in [3.63, 3.8) is 0 Å². The molecule has 0 bridgehead atoms. The minimum absolute atomic E-state index is 0.292. The highest BCUT2D eigenvalue weighted by Gasteiger charge is 2.29. The summed E-state index contributed by atoms with van der Waals surface area (Å²) in [6.07, 6.45) is 0. The van der Waals surface area contributed by atoms with E-state index >= 15 is 0 Å². The first-order chi connectivity index (χ1) is 12.1. The van der Waals surface area contributed by atoms with E-state index in [0.717, 1.165) is 11.0 Å². The van der Waals surface area contributed by atoms with Crippen LogP contribution >= 0.6 is 0 Å². The molecule has 25 heavy (non-hydrogen) atoms. The van der Waals surface area contributed by atoms with Crippen LogP contribution in [0.1, 0.15) is 22.1 Å². The molecule has 0 N–H and O–H groups in total. The second-order valence-corrected chi connectivity index (χ2v) is 5.51. The number of Topliss-reactive ketones (excluding diaryl/α,β-unsaturated/α-hetero) is 1. The van der Waals surface area contributed by atoms with Crippen LogP contribution < -0.4 is 9.47 Å². The number of para-hydroxylation sites is 2. The molecule has 0 aliphatic heterocycles. The van der Waals surface area contributed by atoms with E-state index in [1.165, 1.54) is 14.2 Å². The van der Waals surface area contributed by atoms with E-state index in [1.54, 1.807) is 29.8 Å². The number of ether oxygens (including phenoxy) is 2. The number of benzene rings is 2. The third-order valence-corrected chi connectivity index (χ3v) is 4.14. The molecule has 3 rings (SSSR count). The van der Waals surface area contributed by atoms with Crippen molar-refractivity contribution in [1.29, 1.82) is 5.26 Å². The number of methoxy groups -OCH3 is 2. The molecule has 126 valence electrons. The molecule has 0 fully saturated rings. The molecule has 0 amide bonds. The van der Waals surface area contributed by atoms with E-state index in [0.29, 0.717) is 22.9 Å². The van der Waals surface area contributed by atoms with Gasteiger partial charge in [-0.15, -0.1) is 0 Å². The lowest BCUT2D eigenvalue weighted by atomic mass is 9.97. The highest BCUT2D eigenvalue weighted by molar-refractivity contribution is 6.05. The molecule has 6 nitrogen and oxygen atoms in total. The first kappa shape index (κ1) is 16.5. The second-order valence-electron chi connectivity index (χ2n) is 5.51. The number of carbonyl (C=O) groups is 1. The van der Waals surface area contributed by atoms with E-state index < -0.39 is 5.92 Å². The Morgan fingerprint density at radius 1 is 1.20 bits per heavy atom. The number of hydrogen-bond donors (Lipinski definition) is 0. The van der Waals surface area contributed by atoms with Gasteiger partial charge in [0.25, 0.3) is 0 Å². The van der Waals surface area contributed by atoms with Gasteiger partial charge in [0.05, 0.1) is 36.9 Å². The van der Waals surface area contributed by atoms with Gasteiger partial charge in [0.2, 0.25) is 0 Å². The summed E-state index contributed by atoms with van der Waals surface area (Å²) in [5, 5.41) is 9.65. The number of aromatic nitrogens is 2. The fourth-order valence-corrected chi connectivity index (χ4v) is 2.82. The fourth-order valence-electron chi connectivity index (χ4n) is 2.82. The summed E-state index contributed by atoms with van der Waals surface area (Å²) in [7, 11) is 4.80. The van der Waals surface area contributed by atoms with Crippen molar-refractivity contribution in [1.82, 2.24) is 9.55 Å². The number of hydrogen-bond acceptors (Lipinski definition) is 5. The lowest BCUT2D eigenvalue weighted by Crippen LogP contribution is -2.16. The third kappa shape index (κ3) is 2.81. The number of rotatable bonds is 5. The lowest BCUT2D eigenvalue weighted by Gasteiger charge is -2.13. The predicted octanol–water partition coefficient (Wildman–Crippen LogP) is 3.08. The zero-order valence-corrected chi connectivity index (χ0v) is 14.2. The molecule has 1 unspecified atom stereocenters. The van der Waals surface area contributed by atoms with Crippen molar-refractivity contribution in [2.24, 2.45) is 7.05 Å². The minimum atomic E-state index is -1.04. The molecular formula is C19H17N3O3. The van der Waals surface area contributed by atoms with E-state index in [2.05, 4.69) is 11.1 Å². The summed E-state index contributed by atoms with van der Waals surface area (Å²) >= 11 is 0. The van der Waals surface area contributed by atoms with Gasteiger partial charge in [0, 0.05) is 7.05 Å². The van der Waals surface area contributed by atoms with E-state index in [1.807, 2.05) is 24.3 Å². The van der Waals surface area contributed by atoms with E-state index in [9.17, 15) is 10.1 Å². The monoisotopic (exact) mass is 335 g/mol. The summed E-state index contributed by atoms with van der Waals surface area (Å²) in [4.78, 5) is 17.5. The Hall–Kier alpha value is -3.33. The average Bonchev–Trinajstić information content (AvgIpc) is 2.98. The van der Waals surface area contributed by atoms with Crippen molar-refractivity contribution in [2.45, 2.75) is 5.92 Å². The Morgan fingerprint density at radius 2 is 1.96 bits per heavy atom. The largest absolute Gasteiger partial charge is 0.497 e. The van der Waals surface area contributed by atoms with Crippen LogP contribution in [0, 0.1) is 11.3 Å². The summed E-state index contributed by atoms with van der Waals surface area (Å²) in [5.74, 6) is -0.107.